The van der Waals surface area contributed by atoms with Gasteiger partial charge in [0, 0.05) is 30.8 Å². The molecule has 0 aliphatic carbocycles. The summed E-state index contributed by atoms with van der Waals surface area (Å²) in [5.41, 5.74) is 0.468. The lowest BCUT2D eigenvalue weighted by atomic mass is 10.2. The Hall–Kier alpha value is -4.85. The van der Waals surface area contributed by atoms with Crippen molar-refractivity contribution in [2.45, 2.75) is 13.1 Å². The number of benzene rings is 2. The molecule has 2 aromatic carbocycles. The maximum absolute atomic E-state index is 13.4. The predicted octanol–water partition coefficient (Wildman–Crippen LogP) is 1.81. The summed E-state index contributed by atoms with van der Waals surface area (Å²) >= 11 is 6.43. The van der Waals surface area contributed by atoms with Crippen LogP contribution < -0.4 is 16.7 Å². The highest BCUT2D eigenvalue weighted by Gasteiger charge is 2.17. The molecule has 0 saturated heterocycles. The van der Waals surface area contributed by atoms with Gasteiger partial charge in [0.15, 0.2) is 0 Å². The fraction of sp³-hybridized carbons (Fsp3) is 0.143. The molecule has 0 fully saturated rings. The Morgan fingerprint density at radius 1 is 1.14 bits per heavy atom. The molecule has 14 nitrogen and oxygen atoms in total. The lowest BCUT2D eigenvalue weighted by Crippen LogP contribution is -2.43. The number of nitro benzene ring substituents is 1. The summed E-state index contributed by atoms with van der Waals surface area (Å²) < 4.78 is 3.80. The summed E-state index contributed by atoms with van der Waals surface area (Å²) in [7, 11) is 1.78. The molecule has 0 spiro atoms. The summed E-state index contributed by atoms with van der Waals surface area (Å²) in [4.78, 5) is 40.8. The zero-order valence-electron chi connectivity index (χ0n) is 18.6. The Balaban J connectivity index is 1.60. The molecule has 182 valence electrons. The van der Waals surface area contributed by atoms with Gasteiger partial charge in [0.2, 0.25) is 5.95 Å². The molecule has 3 aromatic heterocycles. The molecule has 0 aliphatic rings. The van der Waals surface area contributed by atoms with Gasteiger partial charge >= 0.3 is 11.4 Å². The van der Waals surface area contributed by atoms with Crippen LogP contribution in [-0.2, 0) is 20.1 Å². The summed E-state index contributed by atoms with van der Waals surface area (Å²) in [6.45, 7) is -0.178. The van der Waals surface area contributed by atoms with Crippen LogP contribution in [0.25, 0.3) is 10.9 Å². The number of nitrogens with zero attached hydrogens (tertiary/aromatic N) is 8. The number of halogens is 1. The maximum Gasteiger partial charge on any atom is 0.355 e. The molecule has 2 N–H and O–H groups in total. The van der Waals surface area contributed by atoms with E-state index in [2.05, 4.69) is 30.8 Å². The Bertz CT molecular complexity index is 1700. The predicted molar refractivity (Wildman–Crippen MR) is 129 cm³/mol. The van der Waals surface area contributed by atoms with Crippen molar-refractivity contribution in [3.8, 4) is 0 Å². The van der Waals surface area contributed by atoms with Gasteiger partial charge in [0.1, 0.15) is 5.69 Å². The third-order valence-corrected chi connectivity index (χ3v) is 5.69. The molecule has 5 rings (SSSR count). The summed E-state index contributed by atoms with van der Waals surface area (Å²) in [5, 5.41) is 29.4. The Morgan fingerprint density at radius 3 is 2.61 bits per heavy atom. The molecule has 15 heteroatoms. The number of rotatable bonds is 7. The minimum absolute atomic E-state index is 0.0297. The quantitative estimate of drug-likeness (QED) is 0.245. The number of anilines is 2. The van der Waals surface area contributed by atoms with Crippen molar-refractivity contribution in [3.63, 3.8) is 0 Å². The molecule has 3 heterocycles. The molecular formula is C21H17ClN10O4. The van der Waals surface area contributed by atoms with Crippen LogP contribution in [0.4, 0.5) is 17.3 Å². The minimum Gasteiger partial charge on any atom is -0.324 e. The third-order valence-electron chi connectivity index (χ3n) is 5.38. The smallest absolute Gasteiger partial charge is 0.324 e. The second-order valence-corrected chi connectivity index (χ2v) is 8.28. The van der Waals surface area contributed by atoms with Gasteiger partial charge in [-0.15, -0.1) is 0 Å². The van der Waals surface area contributed by atoms with Crippen molar-refractivity contribution in [3.05, 3.63) is 96.2 Å². The fourth-order valence-corrected chi connectivity index (χ4v) is 3.86. The number of H-pyrrole nitrogens is 1. The van der Waals surface area contributed by atoms with Crippen molar-refractivity contribution in [1.29, 1.82) is 0 Å². The van der Waals surface area contributed by atoms with E-state index in [1.165, 1.54) is 35.0 Å². The maximum atomic E-state index is 13.4. The number of hydrogen-bond donors (Lipinski definition) is 2. The van der Waals surface area contributed by atoms with Crippen molar-refractivity contribution < 1.29 is 4.92 Å². The lowest BCUT2D eigenvalue weighted by Gasteiger charge is -2.16. The second-order valence-electron chi connectivity index (χ2n) is 7.88. The van der Waals surface area contributed by atoms with E-state index in [-0.39, 0.29) is 24.7 Å². The van der Waals surface area contributed by atoms with E-state index in [1.807, 2.05) is 0 Å². The van der Waals surface area contributed by atoms with Gasteiger partial charge in [-0.05, 0) is 17.7 Å². The average Bonchev–Trinajstić information content (AvgIpc) is 3.48. The molecule has 36 heavy (non-hydrogen) atoms. The summed E-state index contributed by atoms with van der Waals surface area (Å²) in [6, 6.07) is 9.10. The van der Waals surface area contributed by atoms with Gasteiger partial charge in [-0.25, -0.2) is 14.2 Å². The first-order valence-corrected chi connectivity index (χ1v) is 10.9. The standard InChI is InChI=1S/C21H17ClN10O4/c1-29-10-13-6-18(16(22)7-17(13)27-29)24-19-25-20(33)31(11-14-8-23-28-26-14)21(34)30(19)9-12-2-4-15(5-3-12)32(35)36/h2-8,10H,9,11H2,1H3,(H,23,26,28)(H,24,25,33). The van der Waals surface area contributed by atoms with Crippen molar-refractivity contribution >= 4 is 39.8 Å². The van der Waals surface area contributed by atoms with E-state index < -0.39 is 16.3 Å². The molecule has 0 amide bonds. The van der Waals surface area contributed by atoms with E-state index >= 15 is 0 Å². The second kappa shape index (κ2) is 9.07. The van der Waals surface area contributed by atoms with E-state index in [1.54, 1.807) is 30.1 Å². The fourth-order valence-electron chi connectivity index (χ4n) is 3.66. The van der Waals surface area contributed by atoms with Crippen LogP contribution >= 0.6 is 11.6 Å². The SMILES string of the molecule is Cn1cc2cc(Nc3nc(=O)n(Cc4cn[nH]n4)c(=O)n3Cc3ccc([N+](=O)[O-])cc3)c(Cl)cc2n1. The number of fused-ring (bicyclic) bond motifs is 1. The molecule has 0 atom stereocenters. The highest BCUT2D eigenvalue weighted by atomic mass is 35.5. The molecule has 0 bridgehead atoms. The molecule has 0 aliphatic heterocycles. The number of nitro groups is 1. The van der Waals surface area contributed by atoms with Gasteiger partial charge < -0.3 is 5.32 Å². The zero-order valence-corrected chi connectivity index (χ0v) is 19.4. The number of hydrogen-bond acceptors (Lipinski definition) is 9. The molecular weight excluding hydrogens is 492 g/mol. The average molecular weight is 509 g/mol. The lowest BCUT2D eigenvalue weighted by molar-refractivity contribution is -0.384. The first-order chi connectivity index (χ1) is 17.3. The van der Waals surface area contributed by atoms with Gasteiger partial charge in [-0.3, -0.25) is 19.4 Å². The Labute approximate surface area is 205 Å². The van der Waals surface area contributed by atoms with Crippen molar-refractivity contribution in [1.82, 2.24) is 39.3 Å². The largest absolute Gasteiger partial charge is 0.355 e. The van der Waals surface area contributed by atoms with Crippen molar-refractivity contribution in [2.75, 3.05) is 5.32 Å². The number of non-ortho nitro benzene ring substituents is 1. The Kier molecular flexibility index (Phi) is 5.77. The minimum atomic E-state index is -0.802. The first-order valence-electron chi connectivity index (χ1n) is 10.5. The van der Waals surface area contributed by atoms with E-state index in [9.17, 15) is 19.7 Å². The van der Waals surface area contributed by atoms with Crippen molar-refractivity contribution in [2.24, 2.45) is 7.05 Å². The van der Waals surface area contributed by atoms with Crippen LogP contribution in [-0.4, -0.2) is 44.2 Å². The van der Waals surface area contributed by atoms with Crippen LogP contribution in [0.3, 0.4) is 0 Å². The van der Waals surface area contributed by atoms with Gasteiger partial charge in [0.25, 0.3) is 5.69 Å². The molecule has 0 radical (unpaired) electrons. The van der Waals surface area contributed by atoms with Crippen LogP contribution in [0.2, 0.25) is 5.02 Å². The van der Waals surface area contributed by atoms with Crippen LogP contribution in [0.5, 0.6) is 0 Å². The van der Waals surface area contributed by atoms with Crippen LogP contribution in [0.1, 0.15) is 11.3 Å². The topological polar surface area (TPSA) is 171 Å². The van der Waals surface area contributed by atoms with Gasteiger partial charge in [0.05, 0.1) is 40.4 Å². The van der Waals surface area contributed by atoms with Crippen LogP contribution in [0, 0.1) is 10.1 Å². The highest BCUT2D eigenvalue weighted by Crippen LogP contribution is 2.29. The van der Waals surface area contributed by atoms with Crippen LogP contribution in [0.15, 0.2) is 58.4 Å². The van der Waals surface area contributed by atoms with E-state index in [0.29, 0.717) is 27.5 Å². The zero-order chi connectivity index (χ0) is 25.4. The van der Waals surface area contributed by atoms with E-state index in [4.69, 9.17) is 11.6 Å². The number of nitrogens with one attached hydrogen (secondary N) is 2. The number of aromatic amines is 1. The third kappa shape index (κ3) is 4.44. The van der Waals surface area contributed by atoms with E-state index in [0.717, 1.165) is 9.95 Å². The monoisotopic (exact) mass is 508 g/mol. The van der Waals surface area contributed by atoms with Gasteiger partial charge in [-0.1, -0.05) is 23.7 Å². The Morgan fingerprint density at radius 2 is 1.92 bits per heavy atom. The molecule has 5 aromatic rings. The first kappa shape index (κ1) is 22.9. The summed E-state index contributed by atoms with van der Waals surface area (Å²) in [6.07, 6.45) is 3.19. The highest BCUT2D eigenvalue weighted by molar-refractivity contribution is 6.34. The number of aromatic nitrogens is 8. The van der Waals surface area contributed by atoms with Gasteiger partial charge in [-0.2, -0.15) is 25.5 Å². The molecule has 0 unspecified atom stereocenters. The summed E-state index contributed by atoms with van der Waals surface area (Å²) in [5.74, 6) is -0.0510. The molecule has 0 saturated carbocycles. The normalized spacial score (nSPS) is 11.2. The number of aryl methyl sites for hydroxylation is 1.